The second-order valence-electron chi connectivity index (χ2n) is 8.51. The molecule has 3 aromatic carbocycles. The standard InChI is InChI=1S/C27H32N2O5S/c1-32-24-9-7-8-21(18-24)20-28-16-14-22(15-17-28)29(35(30,31)25-10-5-4-6-11-25)23-12-13-26(33-2)27(19-23)34-3/h4-13,18-19,22H,14-17,20H2,1-3H3. The molecule has 0 saturated carbocycles. The van der Waals surface area contributed by atoms with Crippen LogP contribution in [0.4, 0.5) is 5.69 Å². The van der Waals surface area contributed by atoms with E-state index in [1.165, 1.54) is 5.56 Å². The van der Waals surface area contributed by atoms with Crippen LogP contribution in [0.1, 0.15) is 18.4 Å². The molecule has 1 saturated heterocycles. The van der Waals surface area contributed by atoms with Crippen molar-refractivity contribution in [2.45, 2.75) is 30.3 Å². The molecule has 3 aromatic rings. The lowest BCUT2D eigenvalue weighted by Crippen LogP contribution is -2.47. The van der Waals surface area contributed by atoms with Gasteiger partial charge in [-0.3, -0.25) is 9.21 Å². The highest BCUT2D eigenvalue weighted by Gasteiger charge is 2.34. The normalized spacial score (nSPS) is 14.9. The van der Waals surface area contributed by atoms with Crippen LogP contribution in [-0.4, -0.2) is 53.8 Å². The SMILES string of the molecule is COc1cccc(CN2CCC(N(c3ccc(OC)c(OC)c3)S(=O)(=O)c3ccccc3)CC2)c1. The molecule has 0 radical (unpaired) electrons. The zero-order chi connectivity index (χ0) is 24.8. The van der Waals surface area contributed by atoms with E-state index in [9.17, 15) is 8.42 Å². The summed E-state index contributed by atoms with van der Waals surface area (Å²) < 4.78 is 45.5. The molecule has 4 rings (SSSR count). The summed E-state index contributed by atoms with van der Waals surface area (Å²) in [5, 5.41) is 0. The van der Waals surface area contributed by atoms with Gasteiger partial charge in [0, 0.05) is 31.7 Å². The fourth-order valence-corrected chi connectivity index (χ4v) is 6.28. The van der Waals surface area contributed by atoms with Crippen molar-refractivity contribution in [3.63, 3.8) is 0 Å². The van der Waals surface area contributed by atoms with Gasteiger partial charge in [0.1, 0.15) is 5.75 Å². The van der Waals surface area contributed by atoms with Crippen molar-refractivity contribution in [3.8, 4) is 17.2 Å². The number of likely N-dealkylation sites (tertiary alicyclic amines) is 1. The summed E-state index contributed by atoms with van der Waals surface area (Å²) in [6.45, 7) is 2.37. The number of benzene rings is 3. The molecular weight excluding hydrogens is 464 g/mol. The largest absolute Gasteiger partial charge is 0.497 e. The Morgan fingerprint density at radius 3 is 2.20 bits per heavy atom. The van der Waals surface area contributed by atoms with E-state index in [1.54, 1.807) is 68.1 Å². The van der Waals surface area contributed by atoms with E-state index >= 15 is 0 Å². The van der Waals surface area contributed by atoms with Crippen LogP contribution in [0.25, 0.3) is 0 Å². The van der Waals surface area contributed by atoms with Gasteiger partial charge in [-0.25, -0.2) is 8.42 Å². The number of ether oxygens (including phenoxy) is 3. The minimum atomic E-state index is -3.78. The molecule has 7 nitrogen and oxygen atoms in total. The first-order valence-electron chi connectivity index (χ1n) is 11.6. The number of piperidine rings is 1. The molecule has 1 heterocycles. The van der Waals surface area contributed by atoms with Crippen LogP contribution < -0.4 is 18.5 Å². The predicted octanol–water partition coefficient (Wildman–Crippen LogP) is 4.57. The van der Waals surface area contributed by atoms with E-state index in [0.717, 1.165) is 25.4 Å². The summed E-state index contributed by atoms with van der Waals surface area (Å²) in [6.07, 6.45) is 1.43. The summed E-state index contributed by atoms with van der Waals surface area (Å²) in [5.74, 6) is 1.89. The highest BCUT2D eigenvalue weighted by Crippen LogP contribution is 2.36. The summed E-state index contributed by atoms with van der Waals surface area (Å²) in [6, 6.07) is 21.7. The number of methoxy groups -OCH3 is 3. The average Bonchev–Trinajstić information content (AvgIpc) is 2.90. The lowest BCUT2D eigenvalue weighted by atomic mass is 10.0. The molecule has 1 fully saturated rings. The summed E-state index contributed by atoms with van der Waals surface area (Å²) >= 11 is 0. The summed E-state index contributed by atoms with van der Waals surface area (Å²) in [4.78, 5) is 2.63. The first-order valence-corrected chi connectivity index (χ1v) is 13.1. The Kier molecular flexibility index (Phi) is 7.83. The third-order valence-corrected chi connectivity index (χ3v) is 8.25. The zero-order valence-corrected chi connectivity index (χ0v) is 21.2. The van der Waals surface area contributed by atoms with E-state index in [-0.39, 0.29) is 10.9 Å². The second-order valence-corrected chi connectivity index (χ2v) is 10.3. The minimum absolute atomic E-state index is 0.181. The third-order valence-electron chi connectivity index (χ3n) is 6.35. The molecule has 35 heavy (non-hydrogen) atoms. The maximum atomic E-state index is 13.9. The Morgan fingerprint density at radius 2 is 1.54 bits per heavy atom. The third kappa shape index (κ3) is 5.55. The van der Waals surface area contributed by atoms with E-state index in [1.807, 2.05) is 24.3 Å². The predicted molar refractivity (Wildman–Crippen MR) is 137 cm³/mol. The number of anilines is 1. The van der Waals surface area contributed by atoms with Crippen molar-refractivity contribution in [1.29, 1.82) is 0 Å². The van der Waals surface area contributed by atoms with Crippen molar-refractivity contribution in [2.75, 3.05) is 38.7 Å². The van der Waals surface area contributed by atoms with Gasteiger partial charge in [0.25, 0.3) is 10.0 Å². The van der Waals surface area contributed by atoms with Crippen LogP contribution in [-0.2, 0) is 16.6 Å². The van der Waals surface area contributed by atoms with Crippen LogP contribution in [0.3, 0.4) is 0 Å². The monoisotopic (exact) mass is 496 g/mol. The summed E-state index contributed by atoms with van der Waals surface area (Å²) in [5.41, 5.74) is 1.74. The fraction of sp³-hybridized carbons (Fsp3) is 0.333. The van der Waals surface area contributed by atoms with Crippen LogP contribution in [0.15, 0.2) is 77.7 Å². The maximum absolute atomic E-state index is 13.9. The molecule has 1 aliphatic heterocycles. The molecule has 0 bridgehead atoms. The average molecular weight is 497 g/mol. The van der Waals surface area contributed by atoms with Crippen LogP contribution >= 0.6 is 0 Å². The highest BCUT2D eigenvalue weighted by molar-refractivity contribution is 7.92. The molecular formula is C27H32N2O5S. The van der Waals surface area contributed by atoms with Gasteiger partial charge in [0.05, 0.1) is 31.9 Å². The molecule has 186 valence electrons. The van der Waals surface area contributed by atoms with Crippen molar-refractivity contribution in [1.82, 2.24) is 4.90 Å². The van der Waals surface area contributed by atoms with Gasteiger partial charge in [-0.1, -0.05) is 30.3 Å². The Balaban J connectivity index is 1.60. The molecule has 1 aliphatic rings. The molecule has 0 spiro atoms. The lowest BCUT2D eigenvalue weighted by Gasteiger charge is -2.39. The number of nitrogens with zero attached hydrogens (tertiary/aromatic N) is 2. The van der Waals surface area contributed by atoms with Gasteiger partial charge in [-0.2, -0.15) is 0 Å². The van der Waals surface area contributed by atoms with Crippen molar-refractivity contribution in [2.24, 2.45) is 0 Å². The first-order chi connectivity index (χ1) is 17.0. The Labute approximate surface area is 207 Å². The fourth-order valence-electron chi connectivity index (χ4n) is 4.55. The zero-order valence-electron chi connectivity index (χ0n) is 20.4. The maximum Gasteiger partial charge on any atom is 0.264 e. The molecule has 0 aliphatic carbocycles. The number of rotatable bonds is 9. The Hall–Kier alpha value is -3.23. The number of hydrogen-bond donors (Lipinski definition) is 0. The molecule has 0 aromatic heterocycles. The smallest absolute Gasteiger partial charge is 0.264 e. The molecule has 0 unspecified atom stereocenters. The molecule has 0 amide bonds. The molecule has 0 atom stereocenters. The van der Waals surface area contributed by atoms with E-state index in [4.69, 9.17) is 14.2 Å². The Bertz CT molecular complexity index is 1230. The van der Waals surface area contributed by atoms with Gasteiger partial charge >= 0.3 is 0 Å². The Morgan fingerprint density at radius 1 is 0.829 bits per heavy atom. The number of sulfonamides is 1. The van der Waals surface area contributed by atoms with Gasteiger partial charge in [0.2, 0.25) is 0 Å². The van der Waals surface area contributed by atoms with Gasteiger partial charge in [-0.05, 0) is 54.8 Å². The molecule has 0 N–H and O–H groups in total. The van der Waals surface area contributed by atoms with Crippen molar-refractivity contribution >= 4 is 15.7 Å². The van der Waals surface area contributed by atoms with Crippen molar-refractivity contribution in [3.05, 3.63) is 78.4 Å². The van der Waals surface area contributed by atoms with Crippen molar-refractivity contribution < 1.29 is 22.6 Å². The summed E-state index contributed by atoms with van der Waals surface area (Å²) in [7, 11) is 0.999. The first kappa shape index (κ1) is 24.9. The van der Waals surface area contributed by atoms with Gasteiger partial charge in [-0.15, -0.1) is 0 Å². The second kappa shape index (κ2) is 11.0. The van der Waals surface area contributed by atoms with Crippen LogP contribution in [0.5, 0.6) is 17.2 Å². The van der Waals surface area contributed by atoms with Crippen LogP contribution in [0, 0.1) is 0 Å². The van der Waals surface area contributed by atoms with Gasteiger partial charge in [0.15, 0.2) is 11.5 Å². The van der Waals surface area contributed by atoms with Gasteiger partial charge < -0.3 is 14.2 Å². The van der Waals surface area contributed by atoms with E-state index in [0.29, 0.717) is 30.0 Å². The van der Waals surface area contributed by atoms with Crippen LogP contribution in [0.2, 0.25) is 0 Å². The quantitative estimate of drug-likeness (QED) is 0.432. The topological polar surface area (TPSA) is 68.3 Å². The van der Waals surface area contributed by atoms with E-state index in [2.05, 4.69) is 11.0 Å². The number of hydrogen-bond acceptors (Lipinski definition) is 6. The molecule has 8 heteroatoms. The van der Waals surface area contributed by atoms with E-state index < -0.39 is 10.0 Å². The highest BCUT2D eigenvalue weighted by atomic mass is 32.2. The lowest BCUT2D eigenvalue weighted by molar-refractivity contribution is 0.206. The minimum Gasteiger partial charge on any atom is -0.497 e.